The Kier molecular flexibility index (Phi) is 6.83. The molecule has 0 heterocycles. The molecule has 0 saturated carbocycles. The molecule has 2 aromatic rings. The van der Waals surface area contributed by atoms with Gasteiger partial charge in [-0.3, -0.25) is 0 Å². The fraction of sp³-hybridized carbons (Fsp3) is 0.538. The quantitative estimate of drug-likeness (QED) is 0.333. The average molecular weight is 395 g/mol. The molecule has 28 heavy (non-hydrogen) atoms. The number of unbranched alkanes of at least 4 members (excludes halogenated alkanes) is 1. The van der Waals surface area contributed by atoms with E-state index in [1.54, 1.807) is 11.1 Å². The molecule has 0 radical (unpaired) electrons. The van der Waals surface area contributed by atoms with Crippen LogP contribution >= 0.6 is 0 Å². The number of rotatable bonds is 8. The smallest absolute Gasteiger partial charge is 0.191 e. The molecular formula is C26H38OSi. The molecule has 2 aromatic carbocycles. The highest BCUT2D eigenvalue weighted by molar-refractivity contribution is 6.74. The lowest BCUT2D eigenvalue weighted by atomic mass is 9.93. The summed E-state index contributed by atoms with van der Waals surface area (Å²) in [5.74, 6) is 0.749. The third-order valence-electron chi connectivity index (χ3n) is 6.88. The number of fused-ring (bicyclic) bond motifs is 1. The zero-order valence-electron chi connectivity index (χ0n) is 18.6. The molecule has 0 N–H and O–H groups in total. The SMILES string of the molecule is CC(C)(C)[Si](C)(C)OCCCCC1CCc2ccc(Cc3ccccc3)cc21. The summed E-state index contributed by atoms with van der Waals surface area (Å²) in [5, 5.41) is 0.312. The van der Waals surface area contributed by atoms with E-state index in [-0.39, 0.29) is 0 Å². The van der Waals surface area contributed by atoms with E-state index in [1.807, 2.05) is 0 Å². The summed E-state index contributed by atoms with van der Waals surface area (Å²) < 4.78 is 6.35. The molecule has 152 valence electrons. The van der Waals surface area contributed by atoms with E-state index in [1.165, 1.54) is 43.2 Å². The maximum atomic E-state index is 6.35. The molecule has 1 aliphatic rings. The van der Waals surface area contributed by atoms with Crippen molar-refractivity contribution in [3.05, 3.63) is 70.8 Å². The summed E-state index contributed by atoms with van der Waals surface area (Å²) in [5.41, 5.74) is 6.07. The summed E-state index contributed by atoms with van der Waals surface area (Å²) >= 11 is 0. The van der Waals surface area contributed by atoms with Gasteiger partial charge in [-0.05, 0) is 78.4 Å². The molecule has 2 heteroatoms. The van der Waals surface area contributed by atoms with Crippen molar-refractivity contribution >= 4 is 8.32 Å². The lowest BCUT2D eigenvalue weighted by Gasteiger charge is -2.36. The summed E-state index contributed by atoms with van der Waals surface area (Å²) in [6.45, 7) is 12.6. The van der Waals surface area contributed by atoms with Gasteiger partial charge in [-0.15, -0.1) is 0 Å². The van der Waals surface area contributed by atoms with Crippen LogP contribution in [0.1, 0.15) is 74.6 Å². The fourth-order valence-electron chi connectivity index (χ4n) is 4.02. The number of hydrogen-bond donors (Lipinski definition) is 0. The second-order valence-corrected chi connectivity index (χ2v) is 14.8. The van der Waals surface area contributed by atoms with Gasteiger partial charge in [0.25, 0.3) is 0 Å². The second-order valence-electron chi connectivity index (χ2n) is 10.0. The van der Waals surface area contributed by atoms with Gasteiger partial charge >= 0.3 is 0 Å². The van der Waals surface area contributed by atoms with Crippen molar-refractivity contribution in [2.45, 2.75) is 83.3 Å². The van der Waals surface area contributed by atoms with Crippen molar-refractivity contribution in [3.63, 3.8) is 0 Å². The maximum Gasteiger partial charge on any atom is 0.191 e. The van der Waals surface area contributed by atoms with Gasteiger partial charge in [0.05, 0.1) is 0 Å². The Bertz CT molecular complexity index is 758. The Morgan fingerprint density at radius 3 is 2.43 bits per heavy atom. The van der Waals surface area contributed by atoms with Crippen molar-refractivity contribution in [2.75, 3.05) is 6.61 Å². The molecule has 0 fully saturated rings. The second kappa shape index (κ2) is 8.96. The Morgan fingerprint density at radius 1 is 0.964 bits per heavy atom. The van der Waals surface area contributed by atoms with Crippen molar-refractivity contribution < 1.29 is 4.43 Å². The molecule has 0 saturated heterocycles. The minimum Gasteiger partial charge on any atom is -0.417 e. The van der Waals surface area contributed by atoms with Crippen LogP contribution < -0.4 is 0 Å². The molecule has 0 aromatic heterocycles. The Labute approximate surface area is 173 Å². The van der Waals surface area contributed by atoms with Gasteiger partial charge in [-0.25, -0.2) is 0 Å². The molecule has 1 atom stereocenters. The Hall–Kier alpha value is -1.38. The van der Waals surface area contributed by atoms with E-state index >= 15 is 0 Å². The van der Waals surface area contributed by atoms with Gasteiger partial charge in [0.15, 0.2) is 8.32 Å². The first-order valence-electron chi connectivity index (χ1n) is 11.1. The van der Waals surface area contributed by atoms with Crippen molar-refractivity contribution in [2.24, 2.45) is 0 Å². The van der Waals surface area contributed by atoms with Crippen LogP contribution in [0.15, 0.2) is 48.5 Å². The predicted octanol–water partition coefficient (Wildman–Crippen LogP) is 7.50. The van der Waals surface area contributed by atoms with E-state index in [2.05, 4.69) is 82.4 Å². The molecule has 1 nitrogen and oxygen atoms in total. The highest BCUT2D eigenvalue weighted by Gasteiger charge is 2.36. The van der Waals surface area contributed by atoms with Gasteiger partial charge in [-0.2, -0.15) is 0 Å². The predicted molar refractivity (Wildman–Crippen MR) is 124 cm³/mol. The normalized spacial score (nSPS) is 17.0. The summed E-state index contributed by atoms with van der Waals surface area (Å²) in [6, 6.07) is 18.0. The molecule has 0 aliphatic heterocycles. The van der Waals surface area contributed by atoms with Gasteiger partial charge in [0.1, 0.15) is 0 Å². The van der Waals surface area contributed by atoms with Crippen LogP contribution in [0.25, 0.3) is 0 Å². The van der Waals surface area contributed by atoms with Crippen LogP contribution in [-0.4, -0.2) is 14.9 Å². The zero-order valence-corrected chi connectivity index (χ0v) is 19.6. The van der Waals surface area contributed by atoms with Crippen LogP contribution in [0.5, 0.6) is 0 Å². The van der Waals surface area contributed by atoms with E-state index in [0.717, 1.165) is 18.9 Å². The van der Waals surface area contributed by atoms with Crippen LogP contribution in [0.4, 0.5) is 0 Å². The molecule has 3 rings (SSSR count). The largest absolute Gasteiger partial charge is 0.417 e. The van der Waals surface area contributed by atoms with Gasteiger partial charge in [0, 0.05) is 6.61 Å². The molecule has 0 amide bonds. The minimum atomic E-state index is -1.59. The highest BCUT2D eigenvalue weighted by atomic mass is 28.4. The molecule has 0 spiro atoms. The van der Waals surface area contributed by atoms with Crippen LogP contribution in [-0.2, 0) is 17.3 Å². The van der Waals surface area contributed by atoms with Crippen molar-refractivity contribution in [3.8, 4) is 0 Å². The summed E-state index contributed by atoms with van der Waals surface area (Å²) in [6.07, 6.45) is 7.41. The number of benzene rings is 2. The fourth-order valence-corrected chi connectivity index (χ4v) is 5.10. The van der Waals surface area contributed by atoms with E-state index in [0.29, 0.717) is 5.04 Å². The van der Waals surface area contributed by atoms with Crippen LogP contribution in [0.2, 0.25) is 18.1 Å². The van der Waals surface area contributed by atoms with Crippen molar-refractivity contribution in [1.82, 2.24) is 0 Å². The van der Waals surface area contributed by atoms with Gasteiger partial charge in [-0.1, -0.05) is 75.7 Å². The molecule has 1 aliphatic carbocycles. The lowest BCUT2D eigenvalue weighted by molar-refractivity contribution is 0.276. The average Bonchev–Trinajstić information content (AvgIpc) is 3.04. The number of hydrogen-bond acceptors (Lipinski definition) is 1. The summed E-state index contributed by atoms with van der Waals surface area (Å²) in [7, 11) is -1.59. The van der Waals surface area contributed by atoms with Gasteiger partial charge < -0.3 is 4.43 Å². The van der Waals surface area contributed by atoms with E-state index in [9.17, 15) is 0 Å². The van der Waals surface area contributed by atoms with E-state index < -0.39 is 8.32 Å². The third kappa shape index (κ3) is 5.36. The first-order valence-corrected chi connectivity index (χ1v) is 14.0. The molecular weight excluding hydrogens is 356 g/mol. The van der Waals surface area contributed by atoms with Crippen molar-refractivity contribution in [1.29, 1.82) is 0 Å². The first-order chi connectivity index (χ1) is 13.3. The lowest BCUT2D eigenvalue weighted by Crippen LogP contribution is -2.40. The highest BCUT2D eigenvalue weighted by Crippen LogP contribution is 2.38. The minimum absolute atomic E-state index is 0.312. The standard InChI is InChI=1S/C26H38OSi/c1-26(2,3)28(4,5)27-18-10-9-13-23-16-17-24-15-14-22(20-25(23)24)19-21-11-7-6-8-12-21/h6-8,11-12,14-15,20,23H,9-10,13,16-19H2,1-5H3. The van der Waals surface area contributed by atoms with E-state index in [4.69, 9.17) is 4.43 Å². The zero-order chi connectivity index (χ0) is 20.2. The maximum absolute atomic E-state index is 6.35. The van der Waals surface area contributed by atoms with Crippen LogP contribution in [0, 0.1) is 0 Å². The number of aryl methyl sites for hydroxylation is 1. The summed E-state index contributed by atoms with van der Waals surface area (Å²) in [4.78, 5) is 0. The molecule has 0 bridgehead atoms. The van der Waals surface area contributed by atoms with Crippen LogP contribution in [0.3, 0.4) is 0 Å². The monoisotopic (exact) mass is 394 g/mol. The van der Waals surface area contributed by atoms with Gasteiger partial charge in [0.2, 0.25) is 0 Å². The Balaban J connectivity index is 1.51. The third-order valence-corrected chi connectivity index (χ3v) is 11.4. The first kappa shape index (κ1) is 21.3. The topological polar surface area (TPSA) is 9.23 Å². The Morgan fingerprint density at radius 2 is 1.71 bits per heavy atom. The molecule has 1 unspecified atom stereocenters.